The van der Waals surface area contributed by atoms with Crippen molar-refractivity contribution in [2.45, 2.75) is 64.6 Å². The Labute approximate surface area is 126 Å². The third kappa shape index (κ3) is 2.96. The highest BCUT2D eigenvalue weighted by Gasteiger charge is 2.54. The van der Waals surface area contributed by atoms with Crippen molar-refractivity contribution in [1.82, 2.24) is 0 Å². The minimum atomic E-state index is -0.791. The summed E-state index contributed by atoms with van der Waals surface area (Å²) in [4.78, 5) is 12.2. The van der Waals surface area contributed by atoms with E-state index in [2.05, 4.69) is 20.8 Å². The Morgan fingerprint density at radius 3 is 2.57 bits per heavy atom. The second kappa shape index (κ2) is 5.86. The molecule has 0 bridgehead atoms. The van der Waals surface area contributed by atoms with Crippen LogP contribution in [0, 0.1) is 17.8 Å². The molecule has 2 aliphatic heterocycles. The second-order valence-electron chi connectivity index (χ2n) is 6.99. The summed E-state index contributed by atoms with van der Waals surface area (Å²) < 4.78 is 23.2. The van der Waals surface area contributed by atoms with Crippen molar-refractivity contribution >= 4 is 5.97 Å². The predicted octanol–water partition coefficient (Wildman–Crippen LogP) is 2.48. The van der Waals surface area contributed by atoms with Gasteiger partial charge < -0.3 is 18.9 Å². The van der Waals surface area contributed by atoms with E-state index in [-0.39, 0.29) is 24.4 Å². The van der Waals surface area contributed by atoms with Gasteiger partial charge >= 0.3 is 5.97 Å². The molecule has 0 amide bonds. The largest absolute Gasteiger partial charge is 0.433 e. The van der Waals surface area contributed by atoms with Gasteiger partial charge in [-0.05, 0) is 24.7 Å². The van der Waals surface area contributed by atoms with Crippen molar-refractivity contribution in [2.75, 3.05) is 13.2 Å². The van der Waals surface area contributed by atoms with Crippen LogP contribution in [0.2, 0.25) is 0 Å². The van der Waals surface area contributed by atoms with E-state index in [0.29, 0.717) is 25.0 Å². The van der Waals surface area contributed by atoms with Gasteiger partial charge in [-0.2, -0.15) is 0 Å². The van der Waals surface area contributed by atoms with E-state index in [1.54, 1.807) is 0 Å². The molecule has 1 spiro atoms. The van der Waals surface area contributed by atoms with Crippen molar-refractivity contribution in [3.05, 3.63) is 0 Å². The number of carbonyl (C=O) groups excluding carboxylic acids is 1. The maximum atomic E-state index is 12.2. The van der Waals surface area contributed by atoms with E-state index in [9.17, 15) is 4.79 Å². The van der Waals surface area contributed by atoms with E-state index in [1.165, 1.54) is 0 Å². The molecule has 0 aromatic rings. The maximum absolute atomic E-state index is 12.2. The zero-order valence-electron chi connectivity index (χ0n) is 13.2. The summed E-state index contributed by atoms with van der Waals surface area (Å²) in [6, 6.07) is 0. The van der Waals surface area contributed by atoms with Crippen LogP contribution in [-0.4, -0.2) is 37.4 Å². The van der Waals surface area contributed by atoms with Gasteiger partial charge in [-0.25, -0.2) is 0 Å². The number of ether oxygens (including phenoxy) is 4. The van der Waals surface area contributed by atoms with Gasteiger partial charge in [-0.15, -0.1) is 0 Å². The topological polar surface area (TPSA) is 54.0 Å². The Morgan fingerprint density at radius 2 is 1.90 bits per heavy atom. The Bertz CT molecular complexity index is 390. The van der Waals surface area contributed by atoms with E-state index in [4.69, 9.17) is 18.9 Å². The van der Waals surface area contributed by atoms with Crippen LogP contribution in [0.15, 0.2) is 0 Å². The molecular weight excluding hydrogens is 272 g/mol. The van der Waals surface area contributed by atoms with Gasteiger partial charge in [0.2, 0.25) is 5.79 Å². The highest BCUT2D eigenvalue weighted by molar-refractivity contribution is 5.71. The molecule has 3 rings (SSSR count). The fraction of sp³-hybridized carbons (Fsp3) is 0.938. The first-order valence-electron chi connectivity index (χ1n) is 8.13. The summed E-state index contributed by atoms with van der Waals surface area (Å²) >= 11 is 0. The van der Waals surface area contributed by atoms with Crippen LogP contribution in [0.3, 0.4) is 0 Å². The highest BCUT2D eigenvalue weighted by Crippen LogP contribution is 2.47. The SMILES string of the molecule is CC(C)[C@@H]1CC[C@@H](C)C[C@@]12OC(=O)C[C@H](C1OCCO1)O2. The Balaban J connectivity index is 1.83. The van der Waals surface area contributed by atoms with Gasteiger partial charge in [0.05, 0.1) is 19.6 Å². The quantitative estimate of drug-likeness (QED) is 0.733. The van der Waals surface area contributed by atoms with Crippen LogP contribution in [0.25, 0.3) is 0 Å². The van der Waals surface area contributed by atoms with Crippen molar-refractivity contribution in [3.8, 4) is 0 Å². The molecule has 1 aliphatic carbocycles. The molecule has 1 saturated carbocycles. The summed E-state index contributed by atoms with van der Waals surface area (Å²) in [5.74, 6) is 0.166. The summed E-state index contributed by atoms with van der Waals surface area (Å²) in [5.41, 5.74) is 0. The highest BCUT2D eigenvalue weighted by atomic mass is 16.8. The van der Waals surface area contributed by atoms with Gasteiger partial charge in [0, 0.05) is 12.3 Å². The minimum absolute atomic E-state index is 0.190. The molecular formula is C16H26O5. The number of hydrogen-bond donors (Lipinski definition) is 0. The average Bonchev–Trinajstić information content (AvgIpc) is 2.90. The van der Waals surface area contributed by atoms with E-state index in [0.717, 1.165) is 19.3 Å². The fourth-order valence-corrected chi connectivity index (χ4v) is 3.98. The molecule has 0 N–H and O–H groups in total. The second-order valence-corrected chi connectivity index (χ2v) is 6.99. The lowest BCUT2D eigenvalue weighted by molar-refractivity contribution is -0.338. The first-order chi connectivity index (χ1) is 10.00. The minimum Gasteiger partial charge on any atom is -0.433 e. The zero-order chi connectivity index (χ0) is 15.0. The molecule has 0 unspecified atom stereocenters. The third-order valence-corrected chi connectivity index (χ3v) is 4.93. The predicted molar refractivity (Wildman–Crippen MR) is 75.3 cm³/mol. The van der Waals surface area contributed by atoms with Gasteiger partial charge in [0.1, 0.15) is 6.10 Å². The standard InChI is InChI=1S/C16H26O5/c1-10(2)12-5-4-11(3)9-16(12)20-13(8-14(17)21-16)15-18-6-7-19-15/h10-13,15H,4-9H2,1-3H3/t11-,12+,13-,16-/m1/s1. The number of esters is 1. The zero-order valence-corrected chi connectivity index (χ0v) is 13.2. The Kier molecular flexibility index (Phi) is 4.26. The van der Waals surface area contributed by atoms with Crippen LogP contribution in [0.4, 0.5) is 0 Å². The van der Waals surface area contributed by atoms with Crippen molar-refractivity contribution < 1.29 is 23.7 Å². The van der Waals surface area contributed by atoms with E-state index in [1.807, 2.05) is 0 Å². The van der Waals surface area contributed by atoms with E-state index < -0.39 is 12.1 Å². The number of carbonyl (C=O) groups is 1. The summed E-state index contributed by atoms with van der Waals surface area (Å²) in [6.45, 7) is 7.67. The smallest absolute Gasteiger partial charge is 0.311 e. The first-order valence-corrected chi connectivity index (χ1v) is 8.13. The molecule has 5 nitrogen and oxygen atoms in total. The molecule has 2 saturated heterocycles. The van der Waals surface area contributed by atoms with Crippen molar-refractivity contribution in [1.29, 1.82) is 0 Å². The normalized spacial score (nSPS) is 41.7. The molecule has 120 valence electrons. The third-order valence-electron chi connectivity index (χ3n) is 4.93. The van der Waals surface area contributed by atoms with Crippen molar-refractivity contribution in [2.24, 2.45) is 17.8 Å². The first kappa shape index (κ1) is 15.3. The lowest BCUT2D eigenvalue weighted by Crippen LogP contribution is -2.58. The summed E-state index contributed by atoms with van der Waals surface area (Å²) in [6.07, 6.45) is 2.40. The fourth-order valence-electron chi connectivity index (χ4n) is 3.98. The molecule has 4 atom stereocenters. The van der Waals surface area contributed by atoms with Crippen molar-refractivity contribution in [3.63, 3.8) is 0 Å². The van der Waals surface area contributed by atoms with Crippen LogP contribution >= 0.6 is 0 Å². The Hall–Kier alpha value is -0.650. The summed E-state index contributed by atoms with van der Waals surface area (Å²) in [7, 11) is 0. The monoisotopic (exact) mass is 298 g/mol. The average molecular weight is 298 g/mol. The van der Waals surface area contributed by atoms with Gasteiger partial charge in [-0.1, -0.05) is 20.8 Å². The van der Waals surface area contributed by atoms with Gasteiger partial charge in [-0.3, -0.25) is 4.79 Å². The summed E-state index contributed by atoms with van der Waals surface area (Å²) in [5, 5.41) is 0. The molecule has 3 aliphatic rings. The Morgan fingerprint density at radius 1 is 1.19 bits per heavy atom. The molecule has 2 heterocycles. The number of rotatable bonds is 2. The lowest BCUT2D eigenvalue weighted by atomic mass is 9.72. The number of hydrogen-bond acceptors (Lipinski definition) is 5. The van der Waals surface area contributed by atoms with Gasteiger partial charge in [0.15, 0.2) is 6.29 Å². The molecule has 0 aromatic carbocycles. The molecule has 3 fully saturated rings. The van der Waals surface area contributed by atoms with Crippen LogP contribution in [0.5, 0.6) is 0 Å². The molecule has 0 radical (unpaired) electrons. The molecule has 21 heavy (non-hydrogen) atoms. The van der Waals surface area contributed by atoms with Gasteiger partial charge in [0.25, 0.3) is 0 Å². The van der Waals surface area contributed by atoms with E-state index >= 15 is 0 Å². The van der Waals surface area contributed by atoms with Crippen LogP contribution in [-0.2, 0) is 23.7 Å². The maximum Gasteiger partial charge on any atom is 0.311 e. The molecule has 5 heteroatoms. The lowest BCUT2D eigenvalue weighted by Gasteiger charge is -2.50. The molecule has 0 aromatic heterocycles. The van der Waals surface area contributed by atoms with Crippen LogP contribution in [0.1, 0.15) is 46.5 Å². The van der Waals surface area contributed by atoms with Crippen LogP contribution < -0.4 is 0 Å².